The molecule has 0 spiro atoms. The molecular weight excluding hydrogens is 244 g/mol. The third-order valence-corrected chi connectivity index (χ3v) is 4.20. The molecule has 108 valence electrons. The minimum Gasteiger partial charge on any atom is -0.474 e. The van der Waals surface area contributed by atoms with E-state index in [0.29, 0.717) is 19.0 Å². The summed E-state index contributed by atoms with van der Waals surface area (Å²) in [7, 11) is 0. The molecule has 0 aromatic rings. The zero-order valence-corrected chi connectivity index (χ0v) is 11.5. The maximum absolute atomic E-state index is 11.5. The molecule has 2 fully saturated rings. The van der Waals surface area contributed by atoms with E-state index >= 15 is 0 Å². The van der Waals surface area contributed by atoms with E-state index in [1.54, 1.807) is 0 Å². The van der Waals surface area contributed by atoms with Crippen LogP contribution in [-0.4, -0.2) is 59.5 Å². The summed E-state index contributed by atoms with van der Waals surface area (Å²) in [5.74, 6) is -1.62. The molecule has 0 aromatic heterocycles. The Balaban J connectivity index is 1.83. The molecule has 5 heteroatoms. The van der Waals surface area contributed by atoms with Gasteiger partial charge in [-0.25, -0.2) is 4.79 Å². The normalized spacial score (nSPS) is 25.9. The fraction of sp³-hybridized carbons (Fsp3) is 0.857. The lowest BCUT2D eigenvalue weighted by molar-refractivity contribution is -0.156. The molecular formula is C14H24N2O3. The molecule has 0 bridgehead atoms. The molecule has 2 saturated heterocycles. The topological polar surface area (TPSA) is 60.9 Å². The second-order valence-electron chi connectivity index (χ2n) is 5.78. The van der Waals surface area contributed by atoms with Gasteiger partial charge in [0.25, 0.3) is 0 Å². The van der Waals surface area contributed by atoms with Gasteiger partial charge in [-0.05, 0) is 44.7 Å². The van der Waals surface area contributed by atoms with E-state index in [1.807, 2.05) is 0 Å². The number of piperidine rings is 1. The largest absolute Gasteiger partial charge is 0.474 e. The SMILES string of the molecule is O=C(O)C(=O)N1CCCC(CN2CCCCCC2)C1. The van der Waals surface area contributed by atoms with Crippen LogP contribution in [0.2, 0.25) is 0 Å². The number of carboxylic acid groups (broad SMARTS) is 1. The van der Waals surface area contributed by atoms with Crippen LogP contribution in [0.25, 0.3) is 0 Å². The number of carboxylic acids is 1. The first-order valence-corrected chi connectivity index (χ1v) is 7.41. The van der Waals surface area contributed by atoms with Crippen LogP contribution >= 0.6 is 0 Å². The number of carbonyl (C=O) groups excluding carboxylic acids is 1. The van der Waals surface area contributed by atoms with Gasteiger partial charge in [0.1, 0.15) is 0 Å². The highest BCUT2D eigenvalue weighted by atomic mass is 16.4. The molecule has 2 heterocycles. The molecule has 0 aliphatic carbocycles. The lowest BCUT2D eigenvalue weighted by Gasteiger charge is -2.34. The van der Waals surface area contributed by atoms with Gasteiger partial charge in [0.15, 0.2) is 0 Å². The van der Waals surface area contributed by atoms with E-state index in [4.69, 9.17) is 5.11 Å². The number of aliphatic carboxylic acids is 1. The van der Waals surface area contributed by atoms with Crippen molar-refractivity contribution in [2.45, 2.75) is 38.5 Å². The van der Waals surface area contributed by atoms with Crippen molar-refractivity contribution in [2.24, 2.45) is 5.92 Å². The Morgan fingerprint density at radius 1 is 1.00 bits per heavy atom. The van der Waals surface area contributed by atoms with Crippen molar-refractivity contribution in [3.05, 3.63) is 0 Å². The van der Waals surface area contributed by atoms with Crippen LogP contribution in [-0.2, 0) is 9.59 Å². The van der Waals surface area contributed by atoms with Gasteiger partial charge >= 0.3 is 11.9 Å². The molecule has 0 saturated carbocycles. The second kappa shape index (κ2) is 6.89. The minimum absolute atomic E-state index is 0.440. The second-order valence-corrected chi connectivity index (χ2v) is 5.78. The predicted molar refractivity (Wildman–Crippen MR) is 71.8 cm³/mol. The Hall–Kier alpha value is -1.10. The lowest BCUT2D eigenvalue weighted by Crippen LogP contribution is -2.46. The zero-order chi connectivity index (χ0) is 13.7. The first-order valence-electron chi connectivity index (χ1n) is 7.41. The fourth-order valence-corrected chi connectivity index (χ4v) is 3.22. The summed E-state index contributed by atoms with van der Waals surface area (Å²) < 4.78 is 0. The van der Waals surface area contributed by atoms with Gasteiger partial charge in [0.2, 0.25) is 0 Å². The predicted octanol–water partition coefficient (Wildman–Crippen LogP) is 1.19. The molecule has 1 amide bonds. The standard InChI is InChI=1S/C14H24N2O3/c17-13(14(18)19)16-9-5-6-12(11-16)10-15-7-3-1-2-4-8-15/h12H,1-11H2,(H,18,19). The van der Waals surface area contributed by atoms with Crippen LogP contribution in [0.5, 0.6) is 0 Å². The summed E-state index contributed by atoms with van der Waals surface area (Å²) in [5.41, 5.74) is 0. The third kappa shape index (κ3) is 4.20. The Morgan fingerprint density at radius 2 is 1.68 bits per heavy atom. The Kier molecular flexibility index (Phi) is 5.19. The maximum Gasteiger partial charge on any atom is 0.394 e. The molecule has 1 unspecified atom stereocenters. The quantitative estimate of drug-likeness (QED) is 0.764. The van der Waals surface area contributed by atoms with Gasteiger partial charge in [0.05, 0.1) is 0 Å². The summed E-state index contributed by atoms with van der Waals surface area (Å²) in [4.78, 5) is 26.2. The van der Waals surface area contributed by atoms with Gasteiger partial charge in [-0.2, -0.15) is 0 Å². The van der Waals surface area contributed by atoms with Crippen LogP contribution in [0.15, 0.2) is 0 Å². The molecule has 19 heavy (non-hydrogen) atoms. The van der Waals surface area contributed by atoms with E-state index in [0.717, 1.165) is 32.5 Å². The van der Waals surface area contributed by atoms with Gasteiger partial charge in [-0.1, -0.05) is 12.8 Å². The molecule has 0 radical (unpaired) electrons. The van der Waals surface area contributed by atoms with Gasteiger partial charge in [-0.3, -0.25) is 4.79 Å². The summed E-state index contributed by atoms with van der Waals surface area (Å²) in [5, 5.41) is 8.78. The van der Waals surface area contributed by atoms with Gasteiger partial charge < -0.3 is 14.9 Å². The minimum atomic E-state index is -1.32. The van der Waals surface area contributed by atoms with Crippen LogP contribution in [0.1, 0.15) is 38.5 Å². The highest BCUT2D eigenvalue weighted by Gasteiger charge is 2.28. The van der Waals surface area contributed by atoms with E-state index in [1.165, 1.54) is 30.6 Å². The number of hydrogen-bond acceptors (Lipinski definition) is 3. The van der Waals surface area contributed by atoms with Crippen molar-refractivity contribution < 1.29 is 14.7 Å². The smallest absolute Gasteiger partial charge is 0.394 e. The Labute approximate surface area is 114 Å². The van der Waals surface area contributed by atoms with Crippen LogP contribution in [0, 0.1) is 5.92 Å². The summed E-state index contributed by atoms with van der Waals surface area (Å²) in [6.07, 6.45) is 7.22. The summed E-state index contributed by atoms with van der Waals surface area (Å²) in [6.45, 7) is 4.54. The van der Waals surface area contributed by atoms with Gasteiger partial charge in [-0.15, -0.1) is 0 Å². The number of hydrogen-bond donors (Lipinski definition) is 1. The molecule has 2 aliphatic heterocycles. The van der Waals surface area contributed by atoms with Crippen molar-refractivity contribution in [3.8, 4) is 0 Å². The van der Waals surface area contributed by atoms with Crippen molar-refractivity contribution in [1.29, 1.82) is 0 Å². The van der Waals surface area contributed by atoms with Gasteiger partial charge in [0, 0.05) is 19.6 Å². The molecule has 5 nitrogen and oxygen atoms in total. The number of nitrogens with zero attached hydrogens (tertiary/aromatic N) is 2. The van der Waals surface area contributed by atoms with Crippen LogP contribution < -0.4 is 0 Å². The summed E-state index contributed by atoms with van der Waals surface area (Å²) >= 11 is 0. The van der Waals surface area contributed by atoms with Crippen LogP contribution in [0.4, 0.5) is 0 Å². The van der Waals surface area contributed by atoms with Crippen molar-refractivity contribution in [1.82, 2.24) is 9.80 Å². The maximum atomic E-state index is 11.5. The highest BCUT2D eigenvalue weighted by molar-refractivity contribution is 6.31. The Bertz CT molecular complexity index is 325. The van der Waals surface area contributed by atoms with Crippen molar-refractivity contribution >= 4 is 11.9 Å². The number of carbonyl (C=O) groups is 2. The molecule has 0 aromatic carbocycles. The van der Waals surface area contributed by atoms with Crippen molar-refractivity contribution in [3.63, 3.8) is 0 Å². The monoisotopic (exact) mass is 268 g/mol. The molecule has 2 aliphatic rings. The fourth-order valence-electron chi connectivity index (χ4n) is 3.22. The molecule has 1 atom stereocenters. The first kappa shape index (κ1) is 14.3. The zero-order valence-electron chi connectivity index (χ0n) is 11.5. The van der Waals surface area contributed by atoms with E-state index in [-0.39, 0.29) is 0 Å². The van der Waals surface area contributed by atoms with Crippen molar-refractivity contribution in [2.75, 3.05) is 32.7 Å². The van der Waals surface area contributed by atoms with E-state index in [9.17, 15) is 9.59 Å². The number of rotatable bonds is 2. The lowest BCUT2D eigenvalue weighted by atomic mass is 9.97. The molecule has 2 rings (SSSR count). The highest BCUT2D eigenvalue weighted by Crippen LogP contribution is 2.19. The third-order valence-electron chi connectivity index (χ3n) is 4.20. The average molecular weight is 268 g/mol. The number of likely N-dealkylation sites (tertiary alicyclic amines) is 2. The first-order chi connectivity index (χ1) is 9.16. The molecule has 1 N–H and O–H groups in total. The van der Waals surface area contributed by atoms with E-state index < -0.39 is 11.9 Å². The summed E-state index contributed by atoms with van der Waals surface area (Å²) in [6, 6.07) is 0. The Morgan fingerprint density at radius 3 is 2.32 bits per heavy atom. The van der Waals surface area contributed by atoms with E-state index in [2.05, 4.69) is 4.90 Å². The average Bonchev–Trinajstić information content (AvgIpc) is 2.66. The van der Waals surface area contributed by atoms with Crippen LogP contribution in [0.3, 0.4) is 0 Å². The number of amides is 1.